The fourth-order valence-corrected chi connectivity index (χ4v) is 2.21. The Hall–Kier alpha value is -0.610. The minimum absolute atomic E-state index is 0.214. The van der Waals surface area contributed by atoms with Crippen LogP contribution in [0.1, 0.15) is 46.0 Å². The maximum absolute atomic E-state index is 11.9. The highest BCUT2D eigenvalue weighted by atomic mass is 16.5. The van der Waals surface area contributed by atoms with Crippen LogP contribution in [0.5, 0.6) is 0 Å². The smallest absolute Gasteiger partial charge is 0.224 e. The van der Waals surface area contributed by atoms with Gasteiger partial charge in [-0.1, -0.05) is 13.8 Å². The minimum atomic E-state index is 0.214. The lowest BCUT2D eigenvalue weighted by Gasteiger charge is -2.21. The van der Waals surface area contributed by atoms with E-state index in [4.69, 9.17) is 9.47 Å². The summed E-state index contributed by atoms with van der Waals surface area (Å²) in [7, 11) is 0. The average molecular weight is 257 g/mol. The SMILES string of the molecule is CCCN(CCC)C(=O)CCOCC1CCCO1. The van der Waals surface area contributed by atoms with Gasteiger partial charge >= 0.3 is 0 Å². The molecule has 1 saturated heterocycles. The van der Waals surface area contributed by atoms with Gasteiger partial charge in [0.25, 0.3) is 0 Å². The molecule has 0 radical (unpaired) electrons. The summed E-state index contributed by atoms with van der Waals surface area (Å²) >= 11 is 0. The van der Waals surface area contributed by atoms with Crippen molar-refractivity contribution in [2.45, 2.75) is 52.1 Å². The standard InChI is InChI=1S/C14H27NO3/c1-3-8-15(9-4-2)14(16)7-11-17-12-13-6-5-10-18-13/h13H,3-12H2,1-2H3. The van der Waals surface area contributed by atoms with Crippen LogP contribution >= 0.6 is 0 Å². The van der Waals surface area contributed by atoms with Gasteiger partial charge in [0.1, 0.15) is 0 Å². The summed E-state index contributed by atoms with van der Waals surface area (Å²) in [6, 6.07) is 0. The summed E-state index contributed by atoms with van der Waals surface area (Å²) in [6.45, 7) is 7.93. The number of nitrogens with zero attached hydrogens (tertiary/aromatic N) is 1. The van der Waals surface area contributed by atoms with Gasteiger partial charge in [0.2, 0.25) is 5.91 Å². The van der Waals surface area contributed by atoms with E-state index < -0.39 is 0 Å². The summed E-state index contributed by atoms with van der Waals surface area (Å²) in [4.78, 5) is 13.9. The molecule has 18 heavy (non-hydrogen) atoms. The van der Waals surface area contributed by atoms with Crippen LogP contribution in [0.15, 0.2) is 0 Å². The number of hydrogen-bond donors (Lipinski definition) is 0. The zero-order chi connectivity index (χ0) is 13.2. The molecule has 4 heteroatoms. The second-order valence-corrected chi connectivity index (χ2v) is 4.84. The van der Waals surface area contributed by atoms with Crippen LogP contribution in [0.2, 0.25) is 0 Å². The molecule has 1 aliphatic heterocycles. The third-order valence-corrected chi connectivity index (χ3v) is 3.13. The first-order chi connectivity index (χ1) is 8.77. The molecule has 1 heterocycles. The second kappa shape index (κ2) is 9.34. The lowest BCUT2D eigenvalue weighted by Crippen LogP contribution is -2.33. The lowest BCUT2D eigenvalue weighted by molar-refractivity contribution is -0.132. The van der Waals surface area contributed by atoms with Crippen LogP contribution in [0, 0.1) is 0 Å². The number of hydrogen-bond acceptors (Lipinski definition) is 3. The Bertz CT molecular complexity index is 221. The highest BCUT2D eigenvalue weighted by Gasteiger charge is 2.16. The van der Waals surface area contributed by atoms with Gasteiger partial charge in [-0.3, -0.25) is 4.79 Å². The summed E-state index contributed by atoms with van der Waals surface area (Å²) in [5.74, 6) is 0.214. The van der Waals surface area contributed by atoms with Gasteiger partial charge in [-0.25, -0.2) is 0 Å². The minimum Gasteiger partial charge on any atom is -0.378 e. The molecule has 1 fully saturated rings. The van der Waals surface area contributed by atoms with Crippen LogP contribution in [-0.4, -0.2) is 49.8 Å². The molecule has 0 aliphatic carbocycles. The average Bonchev–Trinajstić information content (AvgIpc) is 2.87. The third-order valence-electron chi connectivity index (χ3n) is 3.13. The first kappa shape index (κ1) is 15.4. The Balaban J connectivity index is 2.09. The van der Waals surface area contributed by atoms with Crippen molar-refractivity contribution in [2.75, 3.05) is 32.9 Å². The van der Waals surface area contributed by atoms with Gasteiger partial charge in [-0.2, -0.15) is 0 Å². The molecule has 1 amide bonds. The van der Waals surface area contributed by atoms with Crippen LogP contribution in [0.25, 0.3) is 0 Å². The van der Waals surface area contributed by atoms with E-state index in [0.29, 0.717) is 19.6 Å². The molecular formula is C14H27NO3. The molecule has 0 bridgehead atoms. The maximum atomic E-state index is 11.9. The molecule has 1 aliphatic rings. The van der Waals surface area contributed by atoms with Crippen molar-refractivity contribution in [1.29, 1.82) is 0 Å². The number of amides is 1. The molecule has 0 aromatic heterocycles. The topological polar surface area (TPSA) is 38.8 Å². The molecule has 106 valence electrons. The van der Waals surface area contributed by atoms with Crippen molar-refractivity contribution in [3.63, 3.8) is 0 Å². The summed E-state index contributed by atoms with van der Waals surface area (Å²) in [6.07, 6.45) is 5.00. The summed E-state index contributed by atoms with van der Waals surface area (Å²) in [5.41, 5.74) is 0. The zero-order valence-electron chi connectivity index (χ0n) is 11.8. The Kier molecular flexibility index (Phi) is 8.01. The summed E-state index contributed by atoms with van der Waals surface area (Å²) in [5, 5.41) is 0. The molecule has 4 nitrogen and oxygen atoms in total. The number of carbonyl (C=O) groups is 1. The van der Waals surface area contributed by atoms with E-state index >= 15 is 0 Å². The predicted molar refractivity (Wildman–Crippen MR) is 71.6 cm³/mol. The molecular weight excluding hydrogens is 230 g/mol. The molecule has 1 rings (SSSR count). The van der Waals surface area contributed by atoms with E-state index in [9.17, 15) is 4.79 Å². The molecule has 0 N–H and O–H groups in total. The van der Waals surface area contributed by atoms with Crippen LogP contribution < -0.4 is 0 Å². The second-order valence-electron chi connectivity index (χ2n) is 4.84. The fraction of sp³-hybridized carbons (Fsp3) is 0.929. The number of rotatable bonds is 9. The highest BCUT2D eigenvalue weighted by Crippen LogP contribution is 2.12. The van der Waals surface area contributed by atoms with Crippen molar-refractivity contribution < 1.29 is 14.3 Å². The lowest BCUT2D eigenvalue weighted by atomic mass is 10.2. The van der Waals surface area contributed by atoms with Crippen molar-refractivity contribution in [3.8, 4) is 0 Å². The van der Waals surface area contributed by atoms with Gasteiger partial charge < -0.3 is 14.4 Å². The van der Waals surface area contributed by atoms with Crippen molar-refractivity contribution in [3.05, 3.63) is 0 Å². The molecule has 1 unspecified atom stereocenters. The largest absolute Gasteiger partial charge is 0.378 e. The molecule has 0 saturated carbocycles. The normalized spacial score (nSPS) is 19.1. The predicted octanol–water partition coefficient (Wildman–Crippen LogP) is 2.22. The number of ether oxygens (including phenoxy) is 2. The fourth-order valence-electron chi connectivity index (χ4n) is 2.21. The Morgan fingerprint density at radius 1 is 1.33 bits per heavy atom. The Morgan fingerprint density at radius 2 is 2.06 bits per heavy atom. The first-order valence-electron chi connectivity index (χ1n) is 7.25. The van der Waals surface area contributed by atoms with Crippen molar-refractivity contribution in [1.82, 2.24) is 4.90 Å². The number of carbonyl (C=O) groups excluding carboxylic acids is 1. The molecule has 0 aromatic rings. The van der Waals surface area contributed by atoms with E-state index in [-0.39, 0.29) is 12.0 Å². The van der Waals surface area contributed by atoms with Gasteiger partial charge in [0.15, 0.2) is 0 Å². The van der Waals surface area contributed by atoms with Crippen LogP contribution in [0.3, 0.4) is 0 Å². The maximum Gasteiger partial charge on any atom is 0.224 e. The van der Waals surface area contributed by atoms with Gasteiger partial charge in [0.05, 0.1) is 25.7 Å². The summed E-state index contributed by atoms with van der Waals surface area (Å²) < 4.78 is 11.0. The van der Waals surface area contributed by atoms with Crippen molar-refractivity contribution >= 4 is 5.91 Å². The Morgan fingerprint density at radius 3 is 2.61 bits per heavy atom. The van der Waals surface area contributed by atoms with Crippen LogP contribution in [-0.2, 0) is 14.3 Å². The van der Waals surface area contributed by atoms with Gasteiger partial charge in [0, 0.05) is 19.7 Å². The van der Waals surface area contributed by atoms with Gasteiger partial charge in [-0.05, 0) is 25.7 Å². The molecule has 0 spiro atoms. The monoisotopic (exact) mass is 257 g/mol. The van der Waals surface area contributed by atoms with Gasteiger partial charge in [-0.15, -0.1) is 0 Å². The van der Waals surface area contributed by atoms with E-state index in [2.05, 4.69) is 13.8 Å². The quantitative estimate of drug-likeness (QED) is 0.595. The molecule has 1 atom stereocenters. The van der Waals surface area contributed by atoms with E-state index in [1.54, 1.807) is 0 Å². The van der Waals surface area contributed by atoms with E-state index in [0.717, 1.165) is 45.4 Å². The van der Waals surface area contributed by atoms with Crippen molar-refractivity contribution in [2.24, 2.45) is 0 Å². The van der Waals surface area contributed by atoms with E-state index in [1.165, 1.54) is 0 Å². The molecule has 0 aromatic carbocycles. The van der Waals surface area contributed by atoms with E-state index in [1.807, 2.05) is 4.90 Å². The zero-order valence-corrected chi connectivity index (χ0v) is 11.8. The third kappa shape index (κ3) is 5.83. The Labute approximate surface area is 111 Å². The highest BCUT2D eigenvalue weighted by molar-refractivity contribution is 5.76. The first-order valence-corrected chi connectivity index (χ1v) is 7.25. The van der Waals surface area contributed by atoms with Crippen LogP contribution in [0.4, 0.5) is 0 Å².